The quantitative estimate of drug-likeness (QED) is 0.681. The Kier molecular flexibility index (Phi) is 5.13. The molecule has 1 heteroatoms. The molecule has 0 bridgehead atoms. The fourth-order valence-electron chi connectivity index (χ4n) is 2.40. The third kappa shape index (κ3) is 3.93. The predicted molar refractivity (Wildman–Crippen MR) is 90.8 cm³/mol. The van der Waals surface area contributed by atoms with Crippen LogP contribution in [-0.4, -0.2) is 0 Å². The highest BCUT2D eigenvalue weighted by molar-refractivity contribution is 5.65. The maximum absolute atomic E-state index is 5.91. The molecule has 0 N–H and O–H groups in total. The van der Waals surface area contributed by atoms with E-state index in [1.807, 2.05) is 38.1 Å². The third-order valence-corrected chi connectivity index (χ3v) is 3.47. The standard InChI is InChI=1S/C20H22O/c1-15(2)19-11-7-5-9-17(19)13-21-14-18-10-6-8-12-20(18)16(3)4/h5-12H,1,3,13-14H2,2,4H3. The van der Waals surface area contributed by atoms with E-state index in [9.17, 15) is 0 Å². The highest BCUT2D eigenvalue weighted by Crippen LogP contribution is 2.21. The molecule has 0 heterocycles. The van der Waals surface area contributed by atoms with Gasteiger partial charge in [0.1, 0.15) is 0 Å². The smallest absolute Gasteiger partial charge is 0.0727 e. The molecule has 0 spiro atoms. The second kappa shape index (κ2) is 7.05. The van der Waals surface area contributed by atoms with Crippen molar-refractivity contribution in [3.63, 3.8) is 0 Å². The summed E-state index contributed by atoms with van der Waals surface area (Å²) in [5.74, 6) is 0. The molecule has 0 aromatic heterocycles. The molecule has 0 aliphatic heterocycles. The van der Waals surface area contributed by atoms with Crippen molar-refractivity contribution >= 4 is 11.1 Å². The van der Waals surface area contributed by atoms with Crippen molar-refractivity contribution in [3.8, 4) is 0 Å². The Balaban J connectivity index is 2.06. The Morgan fingerprint density at radius 1 is 0.762 bits per heavy atom. The van der Waals surface area contributed by atoms with Gasteiger partial charge in [-0.25, -0.2) is 0 Å². The SMILES string of the molecule is C=C(C)c1ccccc1COCc1ccccc1C(=C)C. The Labute approximate surface area is 127 Å². The summed E-state index contributed by atoms with van der Waals surface area (Å²) >= 11 is 0. The Morgan fingerprint density at radius 3 is 1.52 bits per heavy atom. The van der Waals surface area contributed by atoms with Crippen LogP contribution >= 0.6 is 0 Å². The zero-order chi connectivity index (χ0) is 15.2. The second-order valence-corrected chi connectivity index (χ2v) is 5.37. The molecule has 2 aromatic rings. The van der Waals surface area contributed by atoms with Gasteiger partial charge < -0.3 is 4.74 Å². The minimum Gasteiger partial charge on any atom is -0.372 e. The zero-order valence-corrected chi connectivity index (χ0v) is 12.9. The average Bonchev–Trinajstić information content (AvgIpc) is 2.48. The number of hydrogen-bond donors (Lipinski definition) is 0. The van der Waals surface area contributed by atoms with Crippen LogP contribution in [0.1, 0.15) is 36.1 Å². The molecular formula is C20H22O. The fourth-order valence-corrected chi connectivity index (χ4v) is 2.40. The highest BCUT2D eigenvalue weighted by atomic mass is 16.5. The third-order valence-electron chi connectivity index (χ3n) is 3.47. The van der Waals surface area contributed by atoms with E-state index in [1.54, 1.807) is 0 Å². The van der Waals surface area contributed by atoms with E-state index >= 15 is 0 Å². The van der Waals surface area contributed by atoms with Gasteiger partial charge in [-0.05, 0) is 36.1 Å². The summed E-state index contributed by atoms with van der Waals surface area (Å²) in [4.78, 5) is 0. The normalized spacial score (nSPS) is 10.4. The monoisotopic (exact) mass is 278 g/mol. The number of ether oxygens (including phenoxy) is 1. The molecule has 0 saturated carbocycles. The zero-order valence-electron chi connectivity index (χ0n) is 12.9. The summed E-state index contributed by atoms with van der Waals surface area (Å²) in [6.07, 6.45) is 0. The maximum atomic E-state index is 5.91. The van der Waals surface area contributed by atoms with E-state index in [2.05, 4.69) is 37.4 Å². The first-order valence-electron chi connectivity index (χ1n) is 7.15. The van der Waals surface area contributed by atoms with Crippen molar-refractivity contribution in [1.29, 1.82) is 0 Å². The number of rotatable bonds is 6. The fraction of sp³-hybridized carbons (Fsp3) is 0.200. The highest BCUT2D eigenvalue weighted by Gasteiger charge is 2.05. The summed E-state index contributed by atoms with van der Waals surface area (Å²) < 4.78 is 5.91. The summed E-state index contributed by atoms with van der Waals surface area (Å²) in [5.41, 5.74) is 6.83. The van der Waals surface area contributed by atoms with Gasteiger partial charge in [-0.2, -0.15) is 0 Å². The molecule has 0 saturated heterocycles. The lowest BCUT2D eigenvalue weighted by Crippen LogP contribution is -1.99. The molecule has 2 rings (SSSR count). The van der Waals surface area contributed by atoms with E-state index in [0.717, 1.165) is 11.1 Å². The summed E-state index contributed by atoms with van der Waals surface area (Å²) in [5, 5.41) is 0. The van der Waals surface area contributed by atoms with Crippen LogP contribution in [0.3, 0.4) is 0 Å². The lowest BCUT2D eigenvalue weighted by Gasteiger charge is -2.12. The van der Waals surface area contributed by atoms with Crippen LogP contribution in [0.25, 0.3) is 11.1 Å². The Morgan fingerprint density at radius 2 is 1.14 bits per heavy atom. The lowest BCUT2D eigenvalue weighted by atomic mass is 10.0. The van der Waals surface area contributed by atoms with E-state index in [0.29, 0.717) is 13.2 Å². The first-order valence-corrected chi connectivity index (χ1v) is 7.15. The number of benzene rings is 2. The van der Waals surface area contributed by atoms with Crippen LogP contribution < -0.4 is 0 Å². The van der Waals surface area contributed by atoms with Crippen molar-refractivity contribution < 1.29 is 4.74 Å². The summed E-state index contributed by atoms with van der Waals surface area (Å²) in [6, 6.07) is 16.5. The van der Waals surface area contributed by atoms with Gasteiger partial charge in [0.2, 0.25) is 0 Å². The molecule has 0 fully saturated rings. The van der Waals surface area contributed by atoms with Crippen molar-refractivity contribution in [2.45, 2.75) is 27.1 Å². The summed E-state index contributed by atoms with van der Waals surface area (Å²) in [6.45, 7) is 13.3. The van der Waals surface area contributed by atoms with Crippen LogP contribution in [0.15, 0.2) is 61.7 Å². The van der Waals surface area contributed by atoms with Crippen LogP contribution in [-0.2, 0) is 18.0 Å². The van der Waals surface area contributed by atoms with E-state index in [-0.39, 0.29) is 0 Å². The van der Waals surface area contributed by atoms with Gasteiger partial charge in [-0.3, -0.25) is 0 Å². The van der Waals surface area contributed by atoms with Gasteiger partial charge >= 0.3 is 0 Å². The van der Waals surface area contributed by atoms with Gasteiger partial charge in [0.25, 0.3) is 0 Å². The first kappa shape index (κ1) is 15.3. The maximum Gasteiger partial charge on any atom is 0.0727 e. The molecule has 0 unspecified atom stereocenters. The van der Waals surface area contributed by atoms with Crippen molar-refractivity contribution in [1.82, 2.24) is 0 Å². The minimum absolute atomic E-state index is 0.591. The Bertz CT molecular complexity index is 595. The van der Waals surface area contributed by atoms with Crippen LogP contribution in [0.4, 0.5) is 0 Å². The second-order valence-electron chi connectivity index (χ2n) is 5.37. The molecule has 108 valence electrons. The summed E-state index contributed by atoms with van der Waals surface area (Å²) in [7, 11) is 0. The first-order chi connectivity index (χ1) is 10.1. The number of allylic oxidation sites excluding steroid dienone is 2. The Hall–Kier alpha value is -2.12. The van der Waals surface area contributed by atoms with Gasteiger partial charge in [-0.1, -0.05) is 72.8 Å². The molecule has 2 aromatic carbocycles. The molecule has 21 heavy (non-hydrogen) atoms. The number of hydrogen-bond acceptors (Lipinski definition) is 1. The van der Waals surface area contributed by atoms with Crippen LogP contribution in [0, 0.1) is 0 Å². The van der Waals surface area contributed by atoms with E-state index in [4.69, 9.17) is 4.74 Å². The molecule has 0 aliphatic carbocycles. The van der Waals surface area contributed by atoms with Gasteiger partial charge in [-0.15, -0.1) is 0 Å². The topological polar surface area (TPSA) is 9.23 Å². The van der Waals surface area contributed by atoms with Gasteiger partial charge in [0.15, 0.2) is 0 Å². The minimum atomic E-state index is 0.591. The average molecular weight is 278 g/mol. The lowest BCUT2D eigenvalue weighted by molar-refractivity contribution is 0.107. The molecule has 0 aliphatic rings. The largest absolute Gasteiger partial charge is 0.372 e. The van der Waals surface area contributed by atoms with Crippen molar-refractivity contribution in [2.75, 3.05) is 0 Å². The van der Waals surface area contributed by atoms with Crippen molar-refractivity contribution in [3.05, 3.63) is 83.9 Å². The van der Waals surface area contributed by atoms with E-state index < -0.39 is 0 Å². The molecule has 0 radical (unpaired) electrons. The van der Waals surface area contributed by atoms with Gasteiger partial charge in [0, 0.05) is 0 Å². The van der Waals surface area contributed by atoms with Crippen LogP contribution in [0.5, 0.6) is 0 Å². The van der Waals surface area contributed by atoms with Crippen molar-refractivity contribution in [2.24, 2.45) is 0 Å². The molecule has 0 amide bonds. The molecular weight excluding hydrogens is 256 g/mol. The molecule has 0 atom stereocenters. The van der Waals surface area contributed by atoms with E-state index in [1.165, 1.54) is 22.3 Å². The molecule has 1 nitrogen and oxygen atoms in total. The van der Waals surface area contributed by atoms with Gasteiger partial charge in [0.05, 0.1) is 13.2 Å². The van der Waals surface area contributed by atoms with Crippen LogP contribution in [0.2, 0.25) is 0 Å². The predicted octanol–water partition coefficient (Wildman–Crippen LogP) is 5.47.